The summed E-state index contributed by atoms with van der Waals surface area (Å²) in [5.41, 5.74) is 8.91. The van der Waals surface area contributed by atoms with Gasteiger partial charge in [-0.2, -0.15) is 0 Å². The number of hydrogen-bond acceptors (Lipinski definition) is 0. The van der Waals surface area contributed by atoms with Crippen LogP contribution in [0.1, 0.15) is 49.7 Å². The van der Waals surface area contributed by atoms with Crippen LogP contribution in [0.2, 0.25) is 0 Å². The van der Waals surface area contributed by atoms with Gasteiger partial charge in [-0.1, -0.05) is 72.8 Å². The fourth-order valence-corrected chi connectivity index (χ4v) is 3.91. The molecular formula is C24H24. The van der Waals surface area contributed by atoms with E-state index in [0.717, 1.165) is 0 Å². The lowest BCUT2D eigenvalue weighted by Crippen LogP contribution is -2.01. The first kappa shape index (κ1) is 15.2. The van der Waals surface area contributed by atoms with Gasteiger partial charge >= 0.3 is 0 Å². The van der Waals surface area contributed by atoms with Crippen molar-refractivity contribution in [2.75, 3.05) is 0 Å². The zero-order valence-corrected chi connectivity index (χ0v) is 14.2. The van der Waals surface area contributed by atoms with Crippen LogP contribution in [0, 0.1) is 0 Å². The summed E-state index contributed by atoms with van der Waals surface area (Å²) in [6, 6.07) is 21.7. The van der Waals surface area contributed by atoms with Crippen LogP contribution in [0.5, 0.6) is 0 Å². The highest BCUT2D eigenvalue weighted by Gasteiger charge is 2.15. The Morgan fingerprint density at radius 3 is 1.29 bits per heavy atom. The van der Waals surface area contributed by atoms with Gasteiger partial charge in [0.15, 0.2) is 0 Å². The Hall–Kier alpha value is -2.34. The summed E-state index contributed by atoms with van der Waals surface area (Å²) >= 11 is 0. The molecule has 0 saturated heterocycles. The van der Waals surface area contributed by atoms with Gasteiger partial charge in [-0.05, 0) is 71.9 Å². The maximum atomic E-state index is 2.47. The van der Waals surface area contributed by atoms with Crippen molar-refractivity contribution in [2.24, 2.45) is 0 Å². The van der Waals surface area contributed by atoms with Crippen LogP contribution in [0.4, 0.5) is 0 Å². The van der Waals surface area contributed by atoms with E-state index in [9.17, 15) is 0 Å². The highest BCUT2D eigenvalue weighted by atomic mass is 14.2. The molecule has 0 bridgehead atoms. The van der Waals surface area contributed by atoms with E-state index in [0.29, 0.717) is 0 Å². The Morgan fingerprint density at radius 2 is 0.875 bits per heavy atom. The molecule has 2 aromatic rings. The molecule has 0 atom stereocenters. The summed E-state index contributed by atoms with van der Waals surface area (Å²) in [5, 5.41) is 0. The number of allylic oxidation sites excluding steroid dienone is 6. The molecule has 0 amide bonds. The Morgan fingerprint density at radius 1 is 0.458 bits per heavy atom. The predicted molar refractivity (Wildman–Crippen MR) is 104 cm³/mol. The summed E-state index contributed by atoms with van der Waals surface area (Å²) in [6.07, 6.45) is 12.3. The van der Waals surface area contributed by atoms with E-state index in [4.69, 9.17) is 0 Å². The highest BCUT2D eigenvalue weighted by molar-refractivity contribution is 5.73. The molecule has 0 N–H and O–H groups in total. The zero-order valence-electron chi connectivity index (χ0n) is 14.2. The molecule has 0 fully saturated rings. The maximum absolute atomic E-state index is 2.47. The number of rotatable bonds is 2. The molecule has 0 heterocycles. The molecule has 0 unspecified atom stereocenters. The van der Waals surface area contributed by atoms with Crippen LogP contribution in [0.15, 0.2) is 84.0 Å². The fourth-order valence-electron chi connectivity index (χ4n) is 3.91. The monoisotopic (exact) mass is 312 g/mol. The molecule has 24 heavy (non-hydrogen) atoms. The summed E-state index contributed by atoms with van der Waals surface area (Å²) < 4.78 is 0. The van der Waals surface area contributed by atoms with Crippen LogP contribution in [0.3, 0.4) is 0 Å². The summed E-state index contributed by atoms with van der Waals surface area (Å²) in [5.74, 6) is 0. The van der Waals surface area contributed by atoms with Gasteiger partial charge in [0.1, 0.15) is 0 Å². The summed E-state index contributed by atoms with van der Waals surface area (Å²) in [6.45, 7) is 0. The Kier molecular flexibility index (Phi) is 4.46. The SMILES string of the molecule is C1=C(c2ccccc2)CCC/C1=C1\C=C(c2ccccc2)CCC1. The van der Waals surface area contributed by atoms with Crippen LogP contribution in [0.25, 0.3) is 11.1 Å². The van der Waals surface area contributed by atoms with Gasteiger partial charge in [-0.15, -0.1) is 0 Å². The maximum Gasteiger partial charge on any atom is -0.0224 e. The first-order valence-electron chi connectivity index (χ1n) is 9.14. The lowest BCUT2D eigenvalue weighted by molar-refractivity contribution is 0.787. The smallest absolute Gasteiger partial charge is 0.0224 e. The molecule has 0 radical (unpaired) electrons. The van der Waals surface area contributed by atoms with E-state index in [-0.39, 0.29) is 0 Å². The van der Waals surface area contributed by atoms with Crippen LogP contribution in [-0.4, -0.2) is 0 Å². The Bertz CT molecular complexity index is 719. The molecule has 0 spiro atoms. The van der Waals surface area contributed by atoms with E-state index in [1.54, 1.807) is 11.1 Å². The molecule has 0 heteroatoms. The second-order valence-electron chi connectivity index (χ2n) is 6.83. The summed E-state index contributed by atoms with van der Waals surface area (Å²) in [4.78, 5) is 0. The van der Waals surface area contributed by atoms with E-state index in [1.165, 1.54) is 60.8 Å². The van der Waals surface area contributed by atoms with Crippen molar-refractivity contribution in [3.63, 3.8) is 0 Å². The van der Waals surface area contributed by atoms with Gasteiger partial charge in [-0.3, -0.25) is 0 Å². The third kappa shape index (κ3) is 3.28. The molecule has 0 saturated carbocycles. The average Bonchev–Trinajstić information content (AvgIpc) is 2.70. The fraction of sp³-hybridized carbons (Fsp3) is 0.250. The minimum atomic E-state index is 1.20. The molecule has 2 aliphatic rings. The highest BCUT2D eigenvalue weighted by Crippen LogP contribution is 2.36. The topological polar surface area (TPSA) is 0 Å². The van der Waals surface area contributed by atoms with Crippen LogP contribution < -0.4 is 0 Å². The minimum Gasteiger partial charge on any atom is -0.0622 e. The van der Waals surface area contributed by atoms with Gasteiger partial charge < -0.3 is 0 Å². The lowest BCUT2D eigenvalue weighted by Gasteiger charge is -2.22. The third-order valence-electron chi connectivity index (χ3n) is 5.18. The molecule has 2 aliphatic carbocycles. The van der Waals surface area contributed by atoms with Crippen molar-refractivity contribution in [1.82, 2.24) is 0 Å². The second kappa shape index (κ2) is 7.05. The Balaban J connectivity index is 1.70. The van der Waals surface area contributed by atoms with Crippen molar-refractivity contribution in [3.05, 3.63) is 95.1 Å². The quantitative estimate of drug-likeness (QED) is 0.571. The van der Waals surface area contributed by atoms with Crippen molar-refractivity contribution in [2.45, 2.75) is 38.5 Å². The van der Waals surface area contributed by atoms with Gasteiger partial charge in [0.25, 0.3) is 0 Å². The molecule has 0 nitrogen and oxygen atoms in total. The molecule has 120 valence electrons. The van der Waals surface area contributed by atoms with E-state index in [2.05, 4.69) is 72.8 Å². The number of benzene rings is 2. The van der Waals surface area contributed by atoms with Gasteiger partial charge in [0.05, 0.1) is 0 Å². The van der Waals surface area contributed by atoms with Gasteiger partial charge in [0, 0.05) is 0 Å². The molecule has 4 rings (SSSR count). The normalized spacial score (nSPS) is 21.2. The average molecular weight is 312 g/mol. The van der Waals surface area contributed by atoms with Gasteiger partial charge in [-0.25, -0.2) is 0 Å². The molecule has 2 aromatic carbocycles. The first-order valence-corrected chi connectivity index (χ1v) is 9.14. The van der Waals surface area contributed by atoms with E-state index >= 15 is 0 Å². The zero-order chi connectivity index (χ0) is 16.2. The van der Waals surface area contributed by atoms with Crippen molar-refractivity contribution >= 4 is 11.1 Å². The first-order chi connectivity index (χ1) is 11.9. The van der Waals surface area contributed by atoms with E-state index in [1.807, 2.05) is 0 Å². The third-order valence-corrected chi connectivity index (χ3v) is 5.18. The van der Waals surface area contributed by atoms with Crippen molar-refractivity contribution in [3.8, 4) is 0 Å². The van der Waals surface area contributed by atoms with E-state index < -0.39 is 0 Å². The molecule has 0 aromatic heterocycles. The Labute approximate surface area is 145 Å². The van der Waals surface area contributed by atoms with Crippen molar-refractivity contribution < 1.29 is 0 Å². The lowest BCUT2D eigenvalue weighted by atomic mass is 9.83. The van der Waals surface area contributed by atoms with Crippen molar-refractivity contribution in [1.29, 1.82) is 0 Å². The number of hydrogen-bond donors (Lipinski definition) is 0. The minimum absolute atomic E-state index is 1.20. The second-order valence-corrected chi connectivity index (χ2v) is 6.83. The molecular weight excluding hydrogens is 288 g/mol. The molecule has 0 aliphatic heterocycles. The largest absolute Gasteiger partial charge is 0.0622 e. The standard InChI is InChI=1S/C24H24/c1-3-9-19(10-4-1)21-13-7-15-23(17-21)24-16-8-14-22(18-24)20-11-5-2-6-12-20/h1-6,9-12,17-18H,7-8,13-16H2/b24-23+. The predicted octanol–water partition coefficient (Wildman–Crippen LogP) is 6.82. The van der Waals surface area contributed by atoms with Gasteiger partial charge in [0.2, 0.25) is 0 Å². The summed E-state index contributed by atoms with van der Waals surface area (Å²) in [7, 11) is 0. The van der Waals surface area contributed by atoms with Crippen LogP contribution >= 0.6 is 0 Å². The van der Waals surface area contributed by atoms with Crippen LogP contribution in [-0.2, 0) is 0 Å².